The molecule has 188 valence electrons. The molecule has 0 aliphatic rings. The van der Waals surface area contributed by atoms with Crippen molar-refractivity contribution in [1.82, 2.24) is 16.0 Å². The van der Waals surface area contributed by atoms with Gasteiger partial charge < -0.3 is 32.7 Å². The summed E-state index contributed by atoms with van der Waals surface area (Å²) in [6, 6.07) is 6.21. The monoisotopic (exact) mass is 474 g/mol. The van der Waals surface area contributed by atoms with Gasteiger partial charge in [-0.3, -0.25) is 0 Å². The number of allylic oxidation sites excluding steroid dienone is 10. The lowest BCUT2D eigenvalue weighted by Crippen LogP contribution is -2.16. The summed E-state index contributed by atoms with van der Waals surface area (Å²) in [5, 5.41) is 12.8. The van der Waals surface area contributed by atoms with Gasteiger partial charge in [0.15, 0.2) is 0 Å². The minimum Gasteiger partial charge on any atom is -0.394 e. The molecule has 0 fully saturated rings. The van der Waals surface area contributed by atoms with Crippen LogP contribution in [0.25, 0.3) is 11.1 Å². The molecule has 1 rings (SSSR count). The van der Waals surface area contributed by atoms with E-state index in [0.29, 0.717) is 12.4 Å². The molecule has 0 saturated heterocycles. The second-order valence-corrected chi connectivity index (χ2v) is 7.65. The summed E-state index contributed by atoms with van der Waals surface area (Å²) in [7, 11) is 5.72. The van der Waals surface area contributed by atoms with Crippen molar-refractivity contribution >= 4 is 16.8 Å². The summed E-state index contributed by atoms with van der Waals surface area (Å²) in [5.74, 6) is 0.540. The van der Waals surface area contributed by atoms with Gasteiger partial charge in [0.05, 0.1) is 5.82 Å². The molecule has 0 heterocycles. The number of anilines is 1. The van der Waals surface area contributed by atoms with Crippen molar-refractivity contribution in [3.63, 3.8) is 0 Å². The number of likely N-dealkylation sites (N-methyl/N-ethyl adjacent to an activating group) is 1. The van der Waals surface area contributed by atoms with Gasteiger partial charge in [0, 0.05) is 56.4 Å². The number of nitrogens with two attached hydrogens (primary N) is 2. The van der Waals surface area contributed by atoms with E-state index >= 15 is 0 Å². The second kappa shape index (κ2) is 15.9. The van der Waals surface area contributed by atoms with Crippen LogP contribution in [0.5, 0.6) is 0 Å². The van der Waals surface area contributed by atoms with E-state index in [4.69, 9.17) is 11.5 Å². The van der Waals surface area contributed by atoms with Gasteiger partial charge in [-0.15, -0.1) is 0 Å². The van der Waals surface area contributed by atoms with Crippen LogP contribution in [-0.2, 0) is 0 Å². The van der Waals surface area contributed by atoms with Crippen LogP contribution in [0.1, 0.15) is 31.9 Å². The molecule has 6 heteroatoms. The number of rotatable bonds is 13. The Kier molecular flexibility index (Phi) is 13.2. The van der Waals surface area contributed by atoms with Gasteiger partial charge in [0.2, 0.25) is 0 Å². The van der Waals surface area contributed by atoms with Crippen LogP contribution in [0.4, 0.5) is 5.69 Å². The maximum Gasteiger partial charge on any atom is 0.1000 e. The quantitative estimate of drug-likeness (QED) is 0.231. The lowest BCUT2D eigenvalue weighted by atomic mass is 9.95. The smallest absolute Gasteiger partial charge is 0.1000 e. The van der Waals surface area contributed by atoms with E-state index < -0.39 is 0 Å². The fourth-order valence-corrected chi connectivity index (χ4v) is 3.32. The summed E-state index contributed by atoms with van der Waals surface area (Å²) < 4.78 is 0. The molecule has 0 aliphatic heterocycles. The Labute approximate surface area is 211 Å². The average Bonchev–Trinajstić information content (AvgIpc) is 2.89. The van der Waals surface area contributed by atoms with E-state index in [9.17, 15) is 0 Å². The predicted octanol–water partition coefficient (Wildman–Crippen LogP) is 4.74. The first kappa shape index (κ1) is 29.1. The summed E-state index contributed by atoms with van der Waals surface area (Å²) in [5.41, 5.74) is 20.2. The topological polar surface area (TPSA) is 100 Å². The van der Waals surface area contributed by atoms with E-state index in [-0.39, 0.29) is 0 Å². The maximum atomic E-state index is 6.09. The molecule has 1 aromatic carbocycles. The van der Waals surface area contributed by atoms with Gasteiger partial charge in [0.25, 0.3) is 0 Å². The Balaban J connectivity index is 3.68. The highest BCUT2D eigenvalue weighted by Crippen LogP contribution is 2.30. The third kappa shape index (κ3) is 8.76. The Hall–Kier alpha value is -3.90. The molecule has 0 bridgehead atoms. The van der Waals surface area contributed by atoms with Gasteiger partial charge in [0.1, 0.15) is 0 Å². The molecule has 0 saturated carbocycles. The van der Waals surface area contributed by atoms with Crippen LogP contribution in [0.15, 0.2) is 102 Å². The molecule has 0 unspecified atom stereocenters. The van der Waals surface area contributed by atoms with Gasteiger partial charge in [-0.2, -0.15) is 0 Å². The molecular formula is C29H42N6. The van der Waals surface area contributed by atoms with Crippen molar-refractivity contribution in [2.45, 2.75) is 20.8 Å². The van der Waals surface area contributed by atoms with E-state index in [1.54, 1.807) is 6.08 Å². The van der Waals surface area contributed by atoms with E-state index in [2.05, 4.69) is 59.1 Å². The highest BCUT2D eigenvalue weighted by molar-refractivity contribution is 5.86. The molecule has 0 radical (unpaired) electrons. The molecule has 1 aromatic rings. The van der Waals surface area contributed by atoms with Gasteiger partial charge in [-0.1, -0.05) is 36.9 Å². The second-order valence-electron chi connectivity index (χ2n) is 7.65. The summed E-state index contributed by atoms with van der Waals surface area (Å²) >= 11 is 0. The van der Waals surface area contributed by atoms with Crippen LogP contribution in [0, 0.1) is 0 Å². The molecule has 35 heavy (non-hydrogen) atoms. The molecule has 0 amide bonds. The SMILES string of the molecule is C=C\C(=C/C(NC)=C(C=CNC)/C(C)=C/C)c1cc(/C(=C/N/C(N)=C/C=C\C)CN)ccc1NC. The fraction of sp³-hybridized carbons (Fsp3) is 0.241. The van der Waals surface area contributed by atoms with Crippen LogP contribution >= 0.6 is 0 Å². The van der Waals surface area contributed by atoms with Crippen LogP contribution in [0.3, 0.4) is 0 Å². The number of nitrogens with one attached hydrogen (secondary N) is 4. The number of hydrogen-bond acceptors (Lipinski definition) is 6. The number of hydrogen-bond donors (Lipinski definition) is 6. The molecule has 0 aliphatic carbocycles. The zero-order valence-electron chi connectivity index (χ0n) is 22.0. The molecule has 0 atom stereocenters. The maximum absolute atomic E-state index is 6.09. The van der Waals surface area contributed by atoms with Crippen molar-refractivity contribution in [1.29, 1.82) is 0 Å². The van der Waals surface area contributed by atoms with Crippen molar-refractivity contribution in [2.75, 3.05) is 33.0 Å². The highest BCUT2D eigenvalue weighted by Gasteiger charge is 2.11. The van der Waals surface area contributed by atoms with Gasteiger partial charge in [-0.05, 0) is 79.6 Å². The Morgan fingerprint density at radius 1 is 1.14 bits per heavy atom. The normalized spacial score (nSPS) is 14.3. The molecular weight excluding hydrogens is 432 g/mol. The largest absolute Gasteiger partial charge is 0.394 e. The average molecular weight is 475 g/mol. The zero-order valence-corrected chi connectivity index (χ0v) is 22.0. The molecule has 0 aromatic heterocycles. The minimum atomic E-state index is 0.358. The summed E-state index contributed by atoms with van der Waals surface area (Å²) in [6.07, 6.45) is 17.5. The first-order chi connectivity index (χ1) is 16.9. The third-order valence-electron chi connectivity index (χ3n) is 5.43. The van der Waals surface area contributed by atoms with E-state index in [1.807, 2.05) is 77.8 Å². The Morgan fingerprint density at radius 3 is 2.43 bits per heavy atom. The van der Waals surface area contributed by atoms with Crippen LogP contribution in [-0.4, -0.2) is 27.7 Å². The molecule has 8 N–H and O–H groups in total. The van der Waals surface area contributed by atoms with Crippen molar-refractivity contribution in [3.05, 3.63) is 114 Å². The van der Waals surface area contributed by atoms with Crippen molar-refractivity contribution < 1.29 is 0 Å². The van der Waals surface area contributed by atoms with E-state index in [1.165, 1.54) is 0 Å². The molecule has 0 spiro atoms. The minimum absolute atomic E-state index is 0.358. The Morgan fingerprint density at radius 2 is 1.89 bits per heavy atom. The fourth-order valence-electron chi connectivity index (χ4n) is 3.32. The van der Waals surface area contributed by atoms with E-state index in [0.717, 1.165) is 44.8 Å². The Bertz CT molecular complexity index is 1060. The first-order valence-electron chi connectivity index (χ1n) is 11.7. The van der Waals surface area contributed by atoms with Crippen molar-refractivity contribution in [3.8, 4) is 0 Å². The highest BCUT2D eigenvalue weighted by atomic mass is 15.0. The lowest BCUT2D eigenvalue weighted by molar-refractivity contribution is 1.01. The van der Waals surface area contributed by atoms with Gasteiger partial charge >= 0.3 is 0 Å². The summed E-state index contributed by atoms with van der Waals surface area (Å²) in [4.78, 5) is 0. The summed E-state index contributed by atoms with van der Waals surface area (Å²) in [6.45, 7) is 10.5. The zero-order chi connectivity index (χ0) is 26.2. The van der Waals surface area contributed by atoms with Crippen LogP contribution in [0.2, 0.25) is 0 Å². The first-order valence-corrected chi connectivity index (χ1v) is 11.7. The lowest BCUT2D eigenvalue weighted by Gasteiger charge is -2.16. The standard InChI is InChI=1S/C29H42N6/c1-8-11-12-29(31)35-20-24(19-30)23-13-14-27(33-6)26(17-23)22(10-3)18-28(34-7)25(15-16-32-5)21(4)9-2/h8-18,20,32-35H,3,19,30-31H2,1-2,4-7H3/b11-8-,16-15?,21-9+,22-18+,24-20+,28-25-,29-12+. The number of benzene rings is 1. The predicted molar refractivity (Wildman–Crippen MR) is 155 cm³/mol. The third-order valence-corrected chi connectivity index (χ3v) is 5.43. The van der Waals surface area contributed by atoms with Crippen LogP contribution < -0.4 is 32.7 Å². The molecule has 6 nitrogen and oxygen atoms in total. The van der Waals surface area contributed by atoms with Crippen molar-refractivity contribution in [2.24, 2.45) is 11.5 Å². The van der Waals surface area contributed by atoms with Gasteiger partial charge in [-0.25, -0.2) is 0 Å².